The second kappa shape index (κ2) is 10.5. The molecule has 0 aliphatic heterocycles. The van der Waals surface area contributed by atoms with Crippen LogP contribution in [-0.2, 0) is 14.3 Å². The van der Waals surface area contributed by atoms with Crippen LogP contribution in [-0.4, -0.2) is 40.6 Å². The van der Waals surface area contributed by atoms with Gasteiger partial charge in [-0.25, -0.2) is 0 Å². The van der Waals surface area contributed by atoms with Crippen molar-refractivity contribution in [1.29, 1.82) is 0 Å². The van der Waals surface area contributed by atoms with E-state index in [1.807, 2.05) is 64.1 Å². The van der Waals surface area contributed by atoms with Gasteiger partial charge in [0.25, 0.3) is 0 Å². The number of esters is 1. The van der Waals surface area contributed by atoms with Gasteiger partial charge in [-0.15, -0.1) is 0 Å². The Kier molecular flexibility index (Phi) is 8.14. The second-order valence-corrected chi connectivity index (χ2v) is 10.6. The lowest BCUT2D eigenvalue weighted by Gasteiger charge is -2.38. The Morgan fingerprint density at radius 1 is 1.06 bits per heavy atom. The van der Waals surface area contributed by atoms with Gasteiger partial charge in [0, 0.05) is 24.4 Å². The summed E-state index contributed by atoms with van der Waals surface area (Å²) >= 11 is 0. The number of benzene rings is 1. The van der Waals surface area contributed by atoms with E-state index in [-0.39, 0.29) is 24.2 Å². The van der Waals surface area contributed by atoms with Crippen LogP contribution in [0.25, 0.3) is 6.08 Å². The van der Waals surface area contributed by atoms with E-state index in [9.17, 15) is 22.8 Å². The molecule has 1 aromatic carbocycles. The average molecular weight is 480 g/mol. The minimum Gasteiger partial charge on any atom is -0.460 e. The quantitative estimate of drug-likeness (QED) is 0.417. The Morgan fingerprint density at radius 2 is 1.68 bits per heavy atom. The summed E-state index contributed by atoms with van der Waals surface area (Å²) in [6.07, 6.45) is 0.883. The first-order valence-electron chi connectivity index (χ1n) is 12.3. The maximum atomic E-state index is 13.5. The number of halogens is 3. The Morgan fingerprint density at radius 3 is 2.21 bits per heavy atom. The number of hydrogen-bond acceptors (Lipinski definition) is 3. The molecule has 2 saturated carbocycles. The van der Waals surface area contributed by atoms with Crippen molar-refractivity contribution in [3.05, 3.63) is 41.5 Å². The molecule has 1 amide bonds. The van der Waals surface area contributed by atoms with Crippen molar-refractivity contribution in [2.24, 2.45) is 11.8 Å². The van der Waals surface area contributed by atoms with Crippen molar-refractivity contribution in [2.45, 2.75) is 96.5 Å². The number of hydrogen-bond donors (Lipinski definition) is 0. The molecule has 4 nitrogen and oxygen atoms in total. The maximum Gasteiger partial charge on any atom is 0.471 e. The second-order valence-electron chi connectivity index (χ2n) is 10.6. The number of ether oxygens (including phenoxy) is 1. The molecule has 3 rings (SSSR count). The summed E-state index contributed by atoms with van der Waals surface area (Å²) in [5.74, 6) is -1.98. The number of nitrogens with zero attached hydrogens (tertiary/aromatic N) is 1. The third-order valence-electron chi connectivity index (χ3n) is 6.71. The number of alkyl halides is 3. The van der Waals surface area contributed by atoms with Gasteiger partial charge in [0.05, 0.1) is 0 Å². The van der Waals surface area contributed by atoms with Gasteiger partial charge < -0.3 is 9.64 Å². The number of rotatable bonds is 7. The van der Waals surface area contributed by atoms with Crippen molar-refractivity contribution < 1.29 is 27.5 Å². The third kappa shape index (κ3) is 7.09. The fourth-order valence-electron chi connectivity index (χ4n) is 5.10. The molecular formula is C27H36F3NO3. The summed E-state index contributed by atoms with van der Waals surface area (Å²) in [7, 11) is 0. The Hall–Kier alpha value is -2.31. The minimum atomic E-state index is -4.89. The van der Waals surface area contributed by atoms with E-state index in [4.69, 9.17) is 4.74 Å². The zero-order valence-electron chi connectivity index (χ0n) is 20.5. The third-order valence-corrected chi connectivity index (χ3v) is 6.71. The monoisotopic (exact) mass is 479 g/mol. The van der Waals surface area contributed by atoms with E-state index in [0.717, 1.165) is 22.5 Å². The summed E-state index contributed by atoms with van der Waals surface area (Å²) in [5.41, 5.74) is 1.53. The normalized spacial score (nSPS) is 25.6. The first kappa shape index (κ1) is 26.3. The highest BCUT2D eigenvalue weighted by molar-refractivity contribution is 5.83. The van der Waals surface area contributed by atoms with Gasteiger partial charge >= 0.3 is 18.1 Å². The minimum absolute atomic E-state index is 0.0454. The number of carbonyl (C=O) groups excluding carboxylic acids is 2. The van der Waals surface area contributed by atoms with Crippen molar-refractivity contribution >= 4 is 18.0 Å². The van der Waals surface area contributed by atoms with Crippen LogP contribution in [0.1, 0.15) is 78.2 Å². The Bertz CT molecular complexity index is 881. The highest BCUT2D eigenvalue weighted by Gasteiger charge is 2.54. The summed E-state index contributed by atoms with van der Waals surface area (Å²) in [4.78, 5) is 25.8. The largest absolute Gasteiger partial charge is 0.471 e. The Labute approximate surface area is 200 Å². The van der Waals surface area contributed by atoms with Gasteiger partial charge in [-0.1, -0.05) is 48.9 Å². The fraction of sp³-hybridized carbons (Fsp3) is 0.630. The zero-order chi connectivity index (χ0) is 25.1. The standard InChI is InChI=1S/C27H36F3NO3/c1-5-20(15-18-9-7-6-8-10-18)22-17-23(22)31(25(33)27(28,29)30)21-13-11-19(12-14-21)16-24(32)34-26(2,3)4/h6-10,15,19,21-23H,5,11-14,16-17H2,1-4H3/b20-15+/t19?,21?,22-,23+/m0/s1. The van der Waals surface area contributed by atoms with E-state index >= 15 is 0 Å². The van der Waals surface area contributed by atoms with E-state index in [1.54, 1.807) is 0 Å². The smallest absolute Gasteiger partial charge is 0.460 e. The van der Waals surface area contributed by atoms with Crippen LogP contribution >= 0.6 is 0 Å². The highest BCUT2D eigenvalue weighted by atomic mass is 19.4. The summed E-state index contributed by atoms with van der Waals surface area (Å²) in [6, 6.07) is 8.85. The van der Waals surface area contributed by atoms with E-state index < -0.39 is 29.8 Å². The summed E-state index contributed by atoms with van der Waals surface area (Å²) in [5, 5.41) is 0. The molecule has 0 saturated heterocycles. The molecule has 0 aromatic heterocycles. The van der Waals surface area contributed by atoms with Gasteiger partial charge in [0.2, 0.25) is 0 Å². The predicted molar refractivity (Wildman–Crippen MR) is 126 cm³/mol. The van der Waals surface area contributed by atoms with E-state index in [2.05, 4.69) is 0 Å². The molecular weight excluding hydrogens is 443 g/mol. The molecule has 2 aliphatic carbocycles. The van der Waals surface area contributed by atoms with Gasteiger partial charge in [0.15, 0.2) is 0 Å². The lowest BCUT2D eigenvalue weighted by molar-refractivity contribution is -0.189. The van der Waals surface area contributed by atoms with E-state index in [0.29, 0.717) is 32.1 Å². The van der Waals surface area contributed by atoms with Crippen LogP contribution in [0, 0.1) is 11.8 Å². The van der Waals surface area contributed by atoms with Crippen molar-refractivity contribution in [2.75, 3.05) is 0 Å². The van der Waals surface area contributed by atoms with Crippen molar-refractivity contribution in [3.63, 3.8) is 0 Å². The van der Waals surface area contributed by atoms with Crippen LogP contribution in [0.4, 0.5) is 13.2 Å². The molecule has 34 heavy (non-hydrogen) atoms. The van der Waals surface area contributed by atoms with Gasteiger partial charge in [-0.3, -0.25) is 9.59 Å². The van der Waals surface area contributed by atoms with Gasteiger partial charge in [-0.2, -0.15) is 13.2 Å². The lowest BCUT2D eigenvalue weighted by Crippen LogP contribution is -2.50. The van der Waals surface area contributed by atoms with Crippen LogP contribution in [0.15, 0.2) is 35.9 Å². The van der Waals surface area contributed by atoms with Gasteiger partial charge in [0.1, 0.15) is 5.60 Å². The lowest BCUT2D eigenvalue weighted by atomic mass is 9.83. The molecule has 1 aromatic rings. The molecule has 2 fully saturated rings. The average Bonchev–Trinajstić information content (AvgIpc) is 3.52. The highest BCUT2D eigenvalue weighted by Crippen LogP contribution is 2.47. The number of carbonyl (C=O) groups is 2. The first-order chi connectivity index (χ1) is 15.9. The first-order valence-corrected chi connectivity index (χ1v) is 12.3. The molecule has 2 atom stereocenters. The Balaban J connectivity index is 1.68. The summed E-state index contributed by atoms with van der Waals surface area (Å²) in [6.45, 7) is 7.43. The number of amides is 1. The molecule has 0 heterocycles. The maximum absolute atomic E-state index is 13.5. The SMILES string of the molecule is CC/C(=C\c1ccccc1)[C@@H]1C[C@H]1N(C(=O)C(F)(F)F)C1CCC(CC(=O)OC(C)(C)C)CC1. The van der Waals surface area contributed by atoms with E-state index in [1.165, 1.54) is 0 Å². The van der Waals surface area contributed by atoms with Crippen molar-refractivity contribution in [1.82, 2.24) is 4.90 Å². The van der Waals surface area contributed by atoms with Crippen molar-refractivity contribution in [3.8, 4) is 0 Å². The molecule has 0 radical (unpaired) electrons. The molecule has 2 aliphatic rings. The molecule has 0 unspecified atom stereocenters. The predicted octanol–water partition coefficient (Wildman–Crippen LogP) is 6.55. The molecule has 0 spiro atoms. The van der Waals surface area contributed by atoms with Crippen LogP contribution in [0.3, 0.4) is 0 Å². The summed E-state index contributed by atoms with van der Waals surface area (Å²) < 4.78 is 46.0. The van der Waals surface area contributed by atoms with Crippen LogP contribution in [0.5, 0.6) is 0 Å². The molecule has 0 N–H and O–H groups in total. The van der Waals surface area contributed by atoms with Crippen LogP contribution < -0.4 is 0 Å². The topological polar surface area (TPSA) is 46.6 Å². The molecule has 7 heteroatoms. The molecule has 188 valence electrons. The fourth-order valence-corrected chi connectivity index (χ4v) is 5.10. The zero-order valence-corrected chi connectivity index (χ0v) is 20.5. The molecule has 0 bridgehead atoms. The van der Waals surface area contributed by atoms with Gasteiger partial charge in [-0.05, 0) is 70.8 Å². The van der Waals surface area contributed by atoms with Crippen LogP contribution in [0.2, 0.25) is 0 Å².